The molecule has 1 fully saturated rings. The predicted octanol–water partition coefficient (Wildman–Crippen LogP) is 2.67. The van der Waals surface area contributed by atoms with Crippen LogP contribution in [0.15, 0.2) is 29.4 Å². The molecule has 9 heteroatoms. The monoisotopic (exact) mass is 405 g/mol. The van der Waals surface area contributed by atoms with Gasteiger partial charge >= 0.3 is 0 Å². The van der Waals surface area contributed by atoms with Crippen molar-refractivity contribution in [3.05, 3.63) is 35.9 Å². The number of halogens is 1. The van der Waals surface area contributed by atoms with Gasteiger partial charge < -0.3 is 15.2 Å². The predicted molar refractivity (Wildman–Crippen MR) is 105 cm³/mol. The Morgan fingerprint density at radius 2 is 2.00 bits per heavy atom. The van der Waals surface area contributed by atoms with E-state index < -0.39 is 5.82 Å². The van der Waals surface area contributed by atoms with Gasteiger partial charge in [-0.1, -0.05) is 36.7 Å². The molecule has 150 valence electrons. The Kier molecular flexibility index (Phi) is 6.66. The third-order valence-electron chi connectivity index (χ3n) is 4.74. The number of thioether (sulfide) groups is 1. The first kappa shape index (κ1) is 20.3. The number of aromatic nitrogens is 3. The van der Waals surface area contributed by atoms with Crippen LogP contribution in [0.25, 0.3) is 0 Å². The second-order valence-electron chi connectivity index (χ2n) is 6.91. The van der Waals surface area contributed by atoms with Crippen molar-refractivity contribution in [1.82, 2.24) is 20.1 Å². The van der Waals surface area contributed by atoms with Crippen LogP contribution in [0.4, 0.5) is 10.1 Å². The topological polar surface area (TPSA) is 88.9 Å². The van der Waals surface area contributed by atoms with Crippen molar-refractivity contribution in [1.29, 1.82) is 0 Å². The molecule has 1 atom stereocenters. The van der Waals surface area contributed by atoms with Gasteiger partial charge in [0.2, 0.25) is 11.8 Å². The van der Waals surface area contributed by atoms with Crippen LogP contribution in [0.5, 0.6) is 0 Å². The number of rotatable bonds is 7. The molecular weight excluding hydrogens is 381 g/mol. The van der Waals surface area contributed by atoms with Crippen LogP contribution in [0.1, 0.15) is 38.4 Å². The van der Waals surface area contributed by atoms with Crippen molar-refractivity contribution < 1.29 is 14.0 Å². The highest BCUT2D eigenvalue weighted by Gasteiger charge is 2.23. The molecular formula is C19H24FN5O2S. The Labute approximate surface area is 167 Å². The molecule has 1 aliphatic carbocycles. The molecule has 1 saturated carbocycles. The number of benzene rings is 1. The van der Waals surface area contributed by atoms with Crippen molar-refractivity contribution in [2.45, 2.75) is 55.5 Å². The average Bonchev–Trinajstić information content (AvgIpc) is 3.29. The van der Waals surface area contributed by atoms with E-state index in [9.17, 15) is 14.0 Å². The molecule has 1 heterocycles. The normalized spacial score (nSPS) is 15.4. The molecule has 0 radical (unpaired) electrons. The van der Waals surface area contributed by atoms with Gasteiger partial charge in [0.1, 0.15) is 11.6 Å². The molecule has 7 nitrogen and oxygen atoms in total. The zero-order valence-electron chi connectivity index (χ0n) is 15.9. The molecule has 28 heavy (non-hydrogen) atoms. The largest absolute Gasteiger partial charge is 0.352 e. The number of nitrogens with zero attached hydrogens (tertiary/aromatic N) is 3. The smallest absolute Gasteiger partial charge is 0.233 e. The lowest BCUT2D eigenvalue weighted by molar-refractivity contribution is -0.121. The Hall–Kier alpha value is -2.42. The van der Waals surface area contributed by atoms with E-state index in [1.54, 1.807) is 23.7 Å². The molecule has 0 bridgehead atoms. The fourth-order valence-corrected chi connectivity index (χ4v) is 3.95. The highest BCUT2D eigenvalue weighted by atomic mass is 32.2. The van der Waals surface area contributed by atoms with E-state index >= 15 is 0 Å². The molecule has 1 aromatic heterocycles. The summed E-state index contributed by atoms with van der Waals surface area (Å²) < 4.78 is 15.3. The van der Waals surface area contributed by atoms with Crippen LogP contribution in [0.3, 0.4) is 0 Å². The third-order valence-corrected chi connectivity index (χ3v) is 5.88. The van der Waals surface area contributed by atoms with E-state index in [1.807, 2.05) is 6.92 Å². The maximum absolute atomic E-state index is 13.6. The van der Waals surface area contributed by atoms with Gasteiger partial charge in [0.15, 0.2) is 5.16 Å². The number of carbonyl (C=O) groups excluding carboxylic acids is 2. The lowest BCUT2D eigenvalue weighted by atomic mass is 10.2. The molecule has 0 spiro atoms. The first-order valence-electron chi connectivity index (χ1n) is 9.33. The summed E-state index contributed by atoms with van der Waals surface area (Å²) in [5.41, 5.74) is 0.126. The fourth-order valence-electron chi connectivity index (χ4n) is 3.10. The third kappa shape index (κ3) is 5.09. The van der Waals surface area contributed by atoms with E-state index in [4.69, 9.17) is 0 Å². The maximum atomic E-state index is 13.6. The summed E-state index contributed by atoms with van der Waals surface area (Å²) in [7, 11) is 1.75. The second-order valence-corrected chi connectivity index (χ2v) is 8.22. The lowest BCUT2D eigenvalue weighted by Gasteiger charge is -2.16. The maximum Gasteiger partial charge on any atom is 0.233 e. The molecule has 2 aromatic rings. The lowest BCUT2D eigenvalue weighted by Crippen LogP contribution is -2.37. The van der Waals surface area contributed by atoms with Gasteiger partial charge in [-0.05, 0) is 31.9 Å². The summed E-state index contributed by atoms with van der Waals surface area (Å²) in [6.07, 6.45) is 4.35. The minimum absolute atomic E-state index is 0.0151. The van der Waals surface area contributed by atoms with Gasteiger partial charge in [0.25, 0.3) is 0 Å². The van der Waals surface area contributed by atoms with Gasteiger partial charge in [-0.15, -0.1) is 10.2 Å². The van der Waals surface area contributed by atoms with E-state index in [0.29, 0.717) is 11.0 Å². The first-order valence-corrected chi connectivity index (χ1v) is 10.2. The second kappa shape index (κ2) is 9.18. The van der Waals surface area contributed by atoms with E-state index in [1.165, 1.54) is 23.9 Å². The van der Waals surface area contributed by atoms with Crippen LogP contribution in [0.2, 0.25) is 0 Å². The highest BCUT2D eigenvalue weighted by molar-refractivity contribution is 8.00. The summed E-state index contributed by atoms with van der Waals surface area (Å²) in [5.74, 6) is -0.449. The zero-order valence-corrected chi connectivity index (χ0v) is 16.8. The van der Waals surface area contributed by atoms with Crippen molar-refractivity contribution >= 4 is 29.3 Å². The Balaban J connectivity index is 1.56. The quantitative estimate of drug-likeness (QED) is 0.692. The molecule has 1 aromatic carbocycles. The molecule has 0 aliphatic heterocycles. The van der Waals surface area contributed by atoms with Gasteiger partial charge in [0, 0.05) is 13.1 Å². The van der Waals surface area contributed by atoms with Gasteiger partial charge in [-0.25, -0.2) is 4.39 Å². The molecule has 0 unspecified atom stereocenters. The number of carbonyl (C=O) groups is 2. The van der Waals surface area contributed by atoms with Crippen LogP contribution >= 0.6 is 11.8 Å². The molecule has 0 saturated heterocycles. The number of para-hydroxylation sites is 1. The van der Waals surface area contributed by atoms with Gasteiger partial charge in [-0.3, -0.25) is 9.59 Å². The summed E-state index contributed by atoms with van der Waals surface area (Å²) in [4.78, 5) is 24.5. The summed E-state index contributed by atoms with van der Waals surface area (Å²) in [6.45, 7) is 1.83. The summed E-state index contributed by atoms with van der Waals surface area (Å²) in [5, 5.41) is 14.0. The van der Waals surface area contributed by atoms with Crippen LogP contribution in [-0.2, 0) is 23.1 Å². The van der Waals surface area contributed by atoms with E-state index in [-0.39, 0.29) is 35.2 Å². The Bertz CT molecular complexity index is 851. The highest BCUT2D eigenvalue weighted by Crippen LogP contribution is 2.23. The SMILES string of the molecule is C[C@@H](Sc1nnc(CC(=O)Nc2ccccc2F)n1C)C(=O)NC1CCCC1. The van der Waals surface area contributed by atoms with Crippen LogP contribution < -0.4 is 10.6 Å². The Morgan fingerprint density at radius 1 is 1.29 bits per heavy atom. The van der Waals surface area contributed by atoms with E-state index in [0.717, 1.165) is 25.7 Å². The standard InChI is InChI=1S/C19H24FN5O2S/c1-12(18(27)21-13-7-3-4-8-13)28-19-24-23-16(25(19)2)11-17(26)22-15-10-6-5-9-14(15)20/h5-6,9-10,12-13H,3-4,7-8,11H2,1-2H3,(H,21,27)(H,22,26)/t12-/m1/s1. The number of amides is 2. The van der Waals surface area contributed by atoms with Crippen molar-refractivity contribution in [3.8, 4) is 0 Å². The summed E-state index contributed by atoms with van der Waals surface area (Å²) >= 11 is 1.30. The van der Waals surface area contributed by atoms with E-state index in [2.05, 4.69) is 20.8 Å². The Morgan fingerprint density at radius 3 is 2.71 bits per heavy atom. The van der Waals surface area contributed by atoms with Crippen molar-refractivity contribution in [2.75, 3.05) is 5.32 Å². The fraction of sp³-hybridized carbons (Fsp3) is 0.474. The molecule has 2 amide bonds. The zero-order chi connectivity index (χ0) is 20.1. The summed E-state index contributed by atoms with van der Waals surface area (Å²) in [6, 6.07) is 6.25. The average molecular weight is 405 g/mol. The first-order chi connectivity index (χ1) is 13.4. The number of hydrogen-bond donors (Lipinski definition) is 2. The minimum Gasteiger partial charge on any atom is -0.352 e. The van der Waals surface area contributed by atoms with Crippen molar-refractivity contribution in [3.63, 3.8) is 0 Å². The number of anilines is 1. The number of nitrogens with one attached hydrogen (secondary N) is 2. The number of hydrogen-bond acceptors (Lipinski definition) is 5. The van der Waals surface area contributed by atoms with Gasteiger partial charge in [0.05, 0.1) is 17.4 Å². The van der Waals surface area contributed by atoms with Crippen molar-refractivity contribution in [2.24, 2.45) is 7.05 Å². The minimum atomic E-state index is -0.493. The van der Waals surface area contributed by atoms with Crippen LogP contribution in [-0.4, -0.2) is 37.9 Å². The molecule has 1 aliphatic rings. The molecule has 3 rings (SSSR count). The van der Waals surface area contributed by atoms with Gasteiger partial charge in [-0.2, -0.15) is 0 Å². The molecule has 2 N–H and O–H groups in total. The van der Waals surface area contributed by atoms with Crippen LogP contribution in [0, 0.1) is 5.82 Å².